The predicted octanol–water partition coefficient (Wildman–Crippen LogP) is 8.48. The van der Waals surface area contributed by atoms with Gasteiger partial charge in [0.25, 0.3) is 0 Å². The third kappa shape index (κ3) is 6.05. The summed E-state index contributed by atoms with van der Waals surface area (Å²) in [5.41, 5.74) is -22.6. The topological polar surface area (TPSA) is 121 Å². The predicted molar refractivity (Wildman–Crippen MR) is 132 cm³/mol. The van der Waals surface area contributed by atoms with Gasteiger partial charge in [0.05, 0.1) is 45.0 Å². The standard InChI is InChI=1S/C29H3F15N6/c30-19-17(21(32)25(34)49-23(19)28(39,40)41)12(6-47)15-14(11(5-46)10-2-1-9(27(36,37)38)3-8(10)4-45)16(15)13(7-48)18-20(31)24(29(42,43)44)50-26(35)22(18)33/h1-3H/b14-11?,15-12-,16-13+. The van der Waals surface area contributed by atoms with Crippen LogP contribution in [-0.2, 0) is 18.5 Å². The van der Waals surface area contributed by atoms with Crippen molar-refractivity contribution in [3.8, 4) is 24.3 Å². The van der Waals surface area contributed by atoms with Gasteiger partial charge in [-0.05, 0) is 12.1 Å². The molecule has 1 aromatic carbocycles. The molecular weight excluding hydrogens is 717 g/mol. The second kappa shape index (κ2) is 12.3. The zero-order valence-electron chi connectivity index (χ0n) is 23.1. The summed E-state index contributed by atoms with van der Waals surface area (Å²) >= 11 is 0. The molecule has 0 bridgehead atoms. The number of aromatic nitrogens is 2. The van der Waals surface area contributed by atoms with Gasteiger partial charge in [-0.1, -0.05) is 6.07 Å². The first kappa shape index (κ1) is 36.5. The molecule has 0 radical (unpaired) electrons. The molecule has 1 fully saturated rings. The van der Waals surface area contributed by atoms with E-state index in [2.05, 4.69) is 9.97 Å². The van der Waals surface area contributed by atoms with Crippen LogP contribution in [0.25, 0.3) is 16.7 Å². The zero-order chi connectivity index (χ0) is 37.8. The smallest absolute Gasteiger partial charge is 0.209 e. The van der Waals surface area contributed by atoms with E-state index in [1.54, 1.807) is 0 Å². The van der Waals surface area contributed by atoms with Crippen molar-refractivity contribution >= 4 is 16.7 Å². The lowest BCUT2D eigenvalue weighted by atomic mass is 9.96. The van der Waals surface area contributed by atoms with E-state index in [1.165, 1.54) is 12.1 Å². The van der Waals surface area contributed by atoms with Gasteiger partial charge in [-0.2, -0.15) is 69.3 Å². The third-order valence-electron chi connectivity index (χ3n) is 6.62. The lowest BCUT2D eigenvalue weighted by Crippen LogP contribution is -2.16. The Hall–Kier alpha value is -6.35. The molecule has 0 saturated heterocycles. The quantitative estimate of drug-likeness (QED) is 0.152. The maximum atomic E-state index is 15.2. The summed E-state index contributed by atoms with van der Waals surface area (Å²) < 4.78 is 209. The van der Waals surface area contributed by atoms with Crippen LogP contribution in [0.5, 0.6) is 0 Å². The molecule has 2 aromatic heterocycles. The number of benzene rings is 1. The number of nitriles is 4. The highest BCUT2D eigenvalue weighted by molar-refractivity contribution is 6.12. The molecule has 0 N–H and O–H groups in total. The van der Waals surface area contributed by atoms with Crippen molar-refractivity contribution in [3.63, 3.8) is 0 Å². The normalized spacial score (nSPS) is 16.1. The second-order valence-corrected chi connectivity index (χ2v) is 9.46. The Labute approximate surface area is 266 Å². The number of hydrogen-bond acceptors (Lipinski definition) is 6. The van der Waals surface area contributed by atoms with Gasteiger partial charge in [-0.3, -0.25) is 0 Å². The first-order chi connectivity index (χ1) is 23.1. The molecule has 1 aliphatic rings. The highest BCUT2D eigenvalue weighted by Crippen LogP contribution is 2.57. The number of hydrogen-bond donors (Lipinski definition) is 0. The Balaban J connectivity index is 2.32. The molecule has 254 valence electrons. The summed E-state index contributed by atoms with van der Waals surface area (Å²) in [6.45, 7) is 0. The Morgan fingerprint density at radius 3 is 1.22 bits per heavy atom. The lowest BCUT2D eigenvalue weighted by Gasteiger charge is -2.11. The summed E-state index contributed by atoms with van der Waals surface area (Å²) in [5, 5.41) is 39.1. The Morgan fingerprint density at radius 1 is 0.520 bits per heavy atom. The molecule has 4 rings (SSSR count). The van der Waals surface area contributed by atoms with Gasteiger partial charge in [0.1, 0.15) is 18.2 Å². The van der Waals surface area contributed by atoms with Crippen molar-refractivity contribution in [1.82, 2.24) is 9.97 Å². The van der Waals surface area contributed by atoms with Crippen LogP contribution in [-0.4, -0.2) is 9.97 Å². The summed E-state index contributed by atoms with van der Waals surface area (Å²) in [6, 6.07) is 5.03. The Bertz CT molecular complexity index is 2170. The fourth-order valence-electron chi connectivity index (χ4n) is 4.54. The van der Waals surface area contributed by atoms with Crippen LogP contribution in [0.15, 0.2) is 34.9 Å². The van der Waals surface area contributed by atoms with E-state index in [4.69, 9.17) is 0 Å². The zero-order valence-corrected chi connectivity index (χ0v) is 23.1. The van der Waals surface area contributed by atoms with Crippen LogP contribution < -0.4 is 0 Å². The number of pyridine rings is 2. The summed E-state index contributed by atoms with van der Waals surface area (Å²) in [7, 11) is 0. The average molecular weight is 720 g/mol. The molecule has 1 aliphatic carbocycles. The van der Waals surface area contributed by atoms with E-state index in [9.17, 15) is 78.1 Å². The fraction of sp³-hybridized carbons (Fsp3) is 0.103. The number of nitrogens with zero attached hydrogens (tertiary/aromatic N) is 6. The van der Waals surface area contributed by atoms with Crippen LogP contribution in [0.4, 0.5) is 65.9 Å². The fourth-order valence-corrected chi connectivity index (χ4v) is 4.54. The van der Waals surface area contributed by atoms with Crippen LogP contribution in [0.3, 0.4) is 0 Å². The summed E-state index contributed by atoms with van der Waals surface area (Å²) in [5.74, 6) is -16.4. The molecule has 3 aromatic rings. The van der Waals surface area contributed by atoms with Crippen molar-refractivity contribution in [2.75, 3.05) is 0 Å². The van der Waals surface area contributed by atoms with E-state index >= 15 is 8.78 Å². The largest absolute Gasteiger partial charge is 0.436 e. The van der Waals surface area contributed by atoms with Crippen LogP contribution in [0.2, 0.25) is 0 Å². The lowest BCUT2D eigenvalue weighted by molar-refractivity contribution is -0.145. The molecule has 0 aliphatic heterocycles. The van der Waals surface area contributed by atoms with E-state index in [0.717, 1.165) is 12.1 Å². The Kier molecular flexibility index (Phi) is 8.95. The van der Waals surface area contributed by atoms with Gasteiger partial charge < -0.3 is 0 Å². The summed E-state index contributed by atoms with van der Waals surface area (Å²) in [6.07, 6.45) is -17.0. The molecule has 0 unspecified atom stereocenters. The summed E-state index contributed by atoms with van der Waals surface area (Å²) in [4.78, 5) is 4.14. The van der Waals surface area contributed by atoms with E-state index in [1.807, 2.05) is 0 Å². The molecule has 50 heavy (non-hydrogen) atoms. The highest BCUT2D eigenvalue weighted by Gasteiger charge is 2.48. The van der Waals surface area contributed by atoms with Gasteiger partial charge in [0.2, 0.25) is 11.9 Å². The number of allylic oxidation sites excluding steroid dienone is 6. The molecule has 0 amide bonds. The second-order valence-electron chi connectivity index (χ2n) is 9.46. The van der Waals surface area contributed by atoms with Crippen molar-refractivity contribution in [2.24, 2.45) is 0 Å². The Morgan fingerprint density at radius 2 is 0.900 bits per heavy atom. The highest BCUT2D eigenvalue weighted by atomic mass is 19.4. The first-order valence-corrected chi connectivity index (χ1v) is 12.4. The van der Waals surface area contributed by atoms with E-state index in [-0.39, 0.29) is 12.1 Å². The van der Waals surface area contributed by atoms with Crippen molar-refractivity contribution in [1.29, 1.82) is 21.0 Å². The number of alkyl halides is 9. The van der Waals surface area contributed by atoms with E-state index < -0.39 is 126 Å². The minimum atomic E-state index is -5.91. The first-order valence-electron chi connectivity index (χ1n) is 12.4. The average Bonchev–Trinajstić information content (AvgIpc) is 3.73. The van der Waals surface area contributed by atoms with Gasteiger partial charge >= 0.3 is 18.5 Å². The molecule has 0 atom stereocenters. The van der Waals surface area contributed by atoms with Crippen molar-refractivity contribution < 1.29 is 65.9 Å². The van der Waals surface area contributed by atoms with Gasteiger partial charge in [-0.25, -0.2) is 27.5 Å². The number of rotatable bonds is 3. The molecule has 21 heteroatoms. The van der Waals surface area contributed by atoms with Crippen molar-refractivity contribution in [2.45, 2.75) is 18.5 Å². The SMILES string of the molecule is N#CC(=C1C(=C(/C#N)c2c(F)c(F)nc(C(F)(F)F)c2F)/C1=C(/C#N)c1c(F)c(F)nc(C(F)(F)F)c1F)c1ccc(C(F)(F)F)cc1C#N. The maximum Gasteiger partial charge on any atom is 0.436 e. The third-order valence-corrected chi connectivity index (χ3v) is 6.62. The van der Waals surface area contributed by atoms with Crippen LogP contribution in [0.1, 0.15) is 39.2 Å². The number of halogens is 15. The molecule has 0 spiro atoms. The molecule has 2 heterocycles. The van der Waals surface area contributed by atoms with Gasteiger partial charge in [-0.15, -0.1) is 0 Å². The van der Waals surface area contributed by atoms with Gasteiger partial charge in [0, 0.05) is 22.3 Å². The van der Waals surface area contributed by atoms with Gasteiger partial charge in [0.15, 0.2) is 34.7 Å². The molecular formula is C29H3F15N6. The van der Waals surface area contributed by atoms with E-state index in [0.29, 0.717) is 6.07 Å². The maximum absolute atomic E-state index is 15.2. The van der Waals surface area contributed by atoms with Crippen LogP contribution >= 0.6 is 0 Å². The monoisotopic (exact) mass is 720 g/mol. The van der Waals surface area contributed by atoms with Crippen LogP contribution in [0, 0.1) is 80.5 Å². The molecule has 1 saturated carbocycles. The van der Waals surface area contributed by atoms with Crippen molar-refractivity contribution in [3.05, 3.63) is 109 Å². The molecule has 6 nitrogen and oxygen atoms in total. The minimum Gasteiger partial charge on any atom is -0.209 e. The minimum absolute atomic E-state index is 0.124.